The van der Waals surface area contributed by atoms with Crippen molar-refractivity contribution < 1.29 is 33.4 Å². The fourth-order valence-corrected chi connectivity index (χ4v) is 9.49. The van der Waals surface area contributed by atoms with Crippen LogP contribution in [0.15, 0.2) is 0 Å². The Bertz CT molecular complexity index is 1420. The van der Waals surface area contributed by atoms with Crippen molar-refractivity contribution in [2.24, 2.45) is 5.92 Å². The van der Waals surface area contributed by atoms with Crippen molar-refractivity contribution >= 4 is 46.0 Å². The summed E-state index contributed by atoms with van der Waals surface area (Å²) in [6.45, 7) is 9.69. The smallest absolute Gasteiger partial charge is 0.308 e. The Kier molecular flexibility index (Phi) is 32.3. The number of ether oxygens (including phenoxy) is 2. The van der Waals surface area contributed by atoms with Gasteiger partial charge in [0.2, 0.25) is 11.8 Å². The highest BCUT2D eigenvalue weighted by atomic mass is 32.1. The SMILES string of the molecule is CCCCCCCCCOC(=O)CCCCCCC(=O)Nc1sc2c(c1C(=O)NCCN(C)C)CCN(C(=O)CCCCCOC(=O)C(CCCCCC)CCCCCCCC)C2. The van der Waals surface area contributed by atoms with Gasteiger partial charge in [0.1, 0.15) is 5.00 Å². The standard InChI is InChI=1S/C51H90N4O7S/c1-6-9-12-15-17-21-28-39-61-47(58)34-27-20-19-25-32-45(56)53-50-48(49(59)52-36-38-54(4)5)43-35-37-55(41-44(43)63-50)46(57)33-26-22-29-40-62-51(60)42(30-23-14-11-8-3)31-24-18-16-13-10-7-2/h42H,6-41H2,1-5H3,(H,52,59)(H,53,56). The summed E-state index contributed by atoms with van der Waals surface area (Å²) in [4.78, 5) is 70.1. The largest absolute Gasteiger partial charge is 0.466 e. The second-order valence-corrected chi connectivity index (χ2v) is 19.3. The average molecular weight is 903 g/mol. The molecule has 0 saturated carbocycles. The molecule has 1 aliphatic heterocycles. The zero-order valence-electron chi connectivity index (χ0n) is 40.7. The van der Waals surface area contributed by atoms with E-state index in [2.05, 4.69) is 31.4 Å². The van der Waals surface area contributed by atoms with Crippen molar-refractivity contribution in [1.29, 1.82) is 0 Å². The maximum Gasteiger partial charge on any atom is 0.308 e. The zero-order chi connectivity index (χ0) is 45.9. The Morgan fingerprint density at radius 2 is 1.17 bits per heavy atom. The van der Waals surface area contributed by atoms with Crippen LogP contribution in [-0.2, 0) is 41.6 Å². The molecule has 2 heterocycles. The minimum Gasteiger partial charge on any atom is -0.466 e. The van der Waals surface area contributed by atoms with Gasteiger partial charge in [0.15, 0.2) is 0 Å². The van der Waals surface area contributed by atoms with Crippen LogP contribution in [0, 0.1) is 5.92 Å². The molecule has 1 unspecified atom stereocenters. The Morgan fingerprint density at radius 3 is 1.81 bits per heavy atom. The molecule has 0 aromatic carbocycles. The number of amides is 3. The highest BCUT2D eigenvalue weighted by Crippen LogP contribution is 2.37. The highest BCUT2D eigenvalue weighted by Gasteiger charge is 2.30. The molecule has 0 bridgehead atoms. The average Bonchev–Trinajstić information content (AvgIpc) is 3.62. The van der Waals surface area contributed by atoms with Crippen LogP contribution in [0.2, 0.25) is 0 Å². The monoisotopic (exact) mass is 903 g/mol. The van der Waals surface area contributed by atoms with E-state index in [0.717, 1.165) is 87.5 Å². The molecule has 0 fully saturated rings. The topological polar surface area (TPSA) is 134 Å². The van der Waals surface area contributed by atoms with Gasteiger partial charge in [-0.2, -0.15) is 0 Å². The Labute approximate surface area is 387 Å². The first-order valence-electron chi connectivity index (χ1n) is 25.6. The van der Waals surface area contributed by atoms with Crippen LogP contribution in [-0.4, -0.2) is 86.4 Å². The van der Waals surface area contributed by atoms with Gasteiger partial charge in [0.05, 0.1) is 31.2 Å². The molecule has 1 aliphatic rings. The van der Waals surface area contributed by atoms with Gasteiger partial charge in [0.25, 0.3) is 5.91 Å². The fraction of sp³-hybridized carbons (Fsp3) is 0.824. The fourth-order valence-electron chi connectivity index (χ4n) is 8.21. The predicted molar refractivity (Wildman–Crippen MR) is 259 cm³/mol. The molecular weight excluding hydrogens is 813 g/mol. The van der Waals surface area contributed by atoms with Gasteiger partial charge in [-0.1, -0.05) is 136 Å². The maximum atomic E-state index is 13.6. The van der Waals surface area contributed by atoms with Gasteiger partial charge in [-0.25, -0.2) is 0 Å². The van der Waals surface area contributed by atoms with E-state index in [9.17, 15) is 24.0 Å². The molecule has 1 atom stereocenters. The molecule has 3 amide bonds. The number of anilines is 1. The lowest BCUT2D eigenvalue weighted by Gasteiger charge is -2.27. The number of unbranched alkanes of at least 4 members (excludes halogenated alkanes) is 19. The quantitative estimate of drug-likeness (QED) is 0.0493. The molecule has 2 rings (SSSR count). The third-order valence-electron chi connectivity index (χ3n) is 12.2. The van der Waals surface area contributed by atoms with Crippen LogP contribution in [0.4, 0.5) is 5.00 Å². The van der Waals surface area contributed by atoms with E-state index < -0.39 is 0 Å². The molecule has 0 aliphatic carbocycles. The molecule has 1 aromatic rings. The molecule has 0 radical (unpaired) electrons. The summed E-state index contributed by atoms with van der Waals surface area (Å²) in [5.41, 5.74) is 1.44. The molecule has 12 heteroatoms. The van der Waals surface area contributed by atoms with Crippen molar-refractivity contribution in [2.45, 2.75) is 220 Å². The first kappa shape index (κ1) is 56.1. The number of fused-ring (bicyclic) bond motifs is 1. The summed E-state index contributed by atoms with van der Waals surface area (Å²) < 4.78 is 11.2. The lowest BCUT2D eigenvalue weighted by molar-refractivity contribution is -0.149. The number of rotatable bonds is 39. The van der Waals surface area contributed by atoms with Crippen LogP contribution in [0.5, 0.6) is 0 Å². The summed E-state index contributed by atoms with van der Waals surface area (Å²) in [6.07, 6.45) is 29.3. The van der Waals surface area contributed by atoms with Crippen LogP contribution in [0.25, 0.3) is 0 Å². The minimum absolute atomic E-state index is 0.00148. The van der Waals surface area contributed by atoms with E-state index in [0.29, 0.717) is 82.1 Å². The van der Waals surface area contributed by atoms with E-state index in [1.54, 1.807) is 0 Å². The highest BCUT2D eigenvalue weighted by molar-refractivity contribution is 7.17. The molecule has 362 valence electrons. The maximum absolute atomic E-state index is 13.6. The summed E-state index contributed by atoms with van der Waals surface area (Å²) in [7, 11) is 3.91. The lowest BCUT2D eigenvalue weighted by Crippen LogP contribution is -2.36. The molecule has 1 aromatic heterocycles. The number of carbonyl (C=O) groups is 5. The number of likely N-dealkylation sites (N-methyl/N-ethyl adjacent to an activating group) is 1. The number of hydrogen-bond acceptors (Lipinski definition) is 9. The third-order valence-corrected chi connectivity index (χ3v) is 13.3. The van der Waals surface area contributed by atoms with E-state index >= 15 is 0 Å². The molecular formula is C51H90N4O7S. The summed E-state index contributed by atoms with van der Waals surface area (Å²) in [5, 5.41) is 6.63. The van der Waals surface area contributed by atoms with E-state index in [1.807, 2.05) is 23.9 Å². The zero-order valence-corrected chi connectivity index (χ0v) is 41.5. The number of hydrogen-bond donors (Lipinski definition) is 2. The van der Waals surface area contributed by atoms with Gasteiger partial charge in [-0.15, -0.1) is 11.3 Å². The van der Waals surface area contributed by atoms with Gasteiger partial charge in [-0.05, 0) is 77.4 Å². The van der Waals surface area contributed by atoms with Gasteiger partial charge >= 0.3 is 11.9 Å². The van der Waals surface area contributed by atoms with Crippen LogP contribution in [0.1, 0.15) is 228 Å². The lowest BCUT2D eigenvalue weighted by atomic mass is 9.94. The van der Waals surface area contributed by atoms with Crippen molar-refractivity contribution in [1.82, 2.24) is 15.1 Å². The Morgan fingerprint density at radius 1 is 0.651 bits per heavy atom. The van der Waals surface area contributed by atoms with Gasteiger partial charge < -0.3 is 29.9 Å². The number of thiophene rings is 1. The van der Waals surface area contributed by atoms with Crippen molar-refractivity contribution in [3.05, 3.63) is 16.0 Å². The predicted octanol–water partition coefficient (Wildman–Crippen LogP) is 11.9. The van der Waals surface area contributed by atoms with Gasteiger partial charge in [0, 0.05) is 43.8 Å². The third kappa shape index (κ3) is 25.9. The number of esters is 2. The number of nitrogens with zero attached hydrogens (tertiary/aromatic N) is 2. The van der Waals surface area contributed by atoms with Crippen LogP contribution < -0.4 is 10.6 Å². The van der Waals surface area contributed by atoms with Crippen LogP contribution in [0.3, 0.4) is 0 Å². The van der Waals surface area contributed by atoms with Crippen molar-refractivity contribution in [3.63, 3.8) is 0 Å². The number of carbonyl (C=O) groups excluding carboxylic acids is 5. The van der Waals surface area contributed by atoms with Crippen molar-refractivity contribution in [2.75, 3.05) is 52.3 Å². The second-order valence-electron chi connectivity index (χ2n) is 18.2. The summed E-state index contributed by atoms with van der Waals surface area (Å²) >= 11 is 1.40. The van der Waals surface area contributed by atoms with Gasteiger partial charge in [-0.3, -0.25) is 24.0 Å². The van der Waals surface area contributed by atoms with E-state index in [-0.39, 0.29) is 35.6 Å². The minimum atomic E-state index is -0.200. The first-order chi connectivity index (χ1) is 30.6. The van der Waals surface area contributed by atoms with E-state index in [4.69, 9.17) is 9.47 Å². The van der Waals surface area contributed by atoms with E-state index in [1.165, 1.54) is 94.8 Å². The Balaban J connectivity index is 1.80. The molecule has 2 N–H and O–H groups in total. The summed E-state index contributed by atoms with van der Waals surface area (Å²) in [6, 6.07) is 0. The Hall–Kier alpha value is -2.99. The molecule has 63 heavy (non-hydrogen) atoms. The van der Waals surface area contributed by atoms with Crippen LogP contribution >= 0.6 is 11.3 Å². The summed E-state index contributed by atoms with van der Waals surface area (Å²) in [5.74, 6) is -0.433. The number of nitrogens with one attached hydrogen (secondary N) is 2. The molecule has 0 spiro atoms. The van der Waals surface area contributed by atoms with Crippen molar-refractivity contribution in [3.8, 4) is 0 Å². The normalized spacial score (nSPS) is 12.9. The molecule has 11 nitrogen and oxygen atoms in total. The molecule has 0 saturated heterocycles. The first-order valence-corrected chi connectivity index (χ1v) is 26.4. The second kappa shape index (κ2) is 36.3.